The van der Waals surface area contributed by atoms with E-state index in [-0.39, 0.29) is 6.61 Å². The Morgan fingerprint density at radius 1 is 1.40 bits per heavy atom. The molecule has 1 rings (SSSR count). The molecule has 0 aromatic carbocycles. The third-order valence-electron chi connectivity index (χ3n) is 1.61. The fraction of sp³-hybridized carbons (Fsp3) is 1.00. The van der Waals surface area contributed by atoms with Crippen molar-refractivity contribution in [1.29, 1.82) is 0 Å². The Morgan fingerprint density at radius 3 is 2.20 bits per heavy atom. The molecule has 0 amide bonds. The number of rotatable bonds is 1. The molecule has 0 bridgehead atoms. The van der Waals surface area contributed by atoms with Gasteiger partial charge in [0, 0.05) is 0 Å². The third-order valence-corrected chi connectivity index (χ3v) is 1.61. The molecular formula is C5H11NO4. The summed E-state index contributed by atoms with van der Waals surface area (Å²) in [5.41, 5.74) is 5.33. The predicted octanol–water partition coefficient (Wildman–Crippen LogP) is -2.62. The van der Waals surface area contributed by atoms with Crippen LogP contribution in [0.2, 0.25) is 0 Å². The van der Waals surface area contributed by atoms with Gasteiger partial charge in [-0.15, -0.1) is 0 Å². The lowest BCUT2D eigenvalue weighted by atomic mass is 10.1. The highest BCUT2D eigenvalue weighted by molar-refractivity contribution is 4.88. The molecule has 1 fully saturated rings. The van der Waals surface area contributed by atoms with Crippen molar-refractivity contribution in [3.8, 4) is 0 Å². The number of ether oxygens (including phenoxy) is 1. The topological polar surface area (TPSA) is 95.9 Å². The molecule has 5 heteroatoms. The van der Waals surface area contributed by atoms with E-state index in [1.54, 1.807) is 0 Å². The third kappa shape index (κ3) is 1.14. The van der Waals surface area contributed by atoms with Gasteiger partial charge >= 0.3 is 0 Å². The van der Waals surface area contributed by atoms with Gasteiger partial charge in [-0.25, -0.2) is 0 Å². The highest BCUT2D eigenvalue weighted by Crippen LogP contribution is 2.16. The molecule has 5 nitrogen and oxygen atoms in total. The predicted molar refractivity (Wildman–Crippen MR) is 31.9 cm³/mol. The van der Waals surface area contributed by atoms with Crippen LogP contribution in [0.5, 0.6) is 0 Å². The summed E-state index contributed by atoms with van der Waals surface area (Å²) in [7, 11) is 0. The van der Waals surface area contributed by atoms with E-state index in [2.05, 4.69) is 4.74 Å². The van der Waals surface area contributed by atoms with E-state index in [4.69, 9.17) is 21.1 Å². The van der Waals surface area contributed by atoms with Gasteiger partial charge in [0.1, 0.15) is 12.2 Å². The summed E-state index contributed by atoms with van der Waals surface area (Å²) >= 11 is 0. The summed E-state index contributed by atoms with van der Waals surface area (Å²) in [5, 5.41) is 26.3. The lowest BCUT2D eigenvalue weighted by molar-refractivity contribution is -0.132. The molecule has 1 aliphatic heterocycles. The molecule has 0 aromatic heterocycles. The van der Waals surface area contributed by atoms with Gasteiger partial charge in [0.25, 0.3) is 0 Å². The molecule has 0 aliphatic carbocycles. The van der Waals surface area contributed by atoms with Crippen LogP contribution in [0.1, 0.15) is 0 Å². The first-order valence-electron chi connectivity index (χ1n) is 3.05. The van der Waals surface area contributed by atoms with E-state index in [1.165, 1.54) is 0 Å². The van der Waals surface area contributed by atoms with Gasteiger partial charge in [-0.1, -0.05) is 0 Å². The minimum atomic E-state index is -1.26. The fourth-order valence-corrected chi connectivity index (χ4v) is 0.925. The van der Waals surface area contributed by atoms with Gasteiger partial charge < -0.3 is 25.8 Å². The van der Waals surface area contributed by atoms with Gasteiger partial charge in [0.05, 0.1) is 12.6 Å². The molecule has 0 radical (unpaired) electrons. The van der Waals surface area contributed by atoms with Crippen LogP contribution in [0, 0.1) is 0 Å². The zero-order valence-electron chi connectivity index (χ0n) is 5.34. The molecule has 1 heterocycles. The van der Waals surface area contributed by atoms with E-state index < -0.39 is 24.5 Å². The van der Waals surface area contributed by atoms with Crippen molar-refractivity contribution >= 4 is 0 Å². The van der Waals surface area contributed by atoms with Crippen LogP contribution < -0.4 is 5.73 Å². The van der Waals surface area contributed by atoms with E-state index in [9.17, 15) is 0 Å². The van der Waals surface area contributed by atoms with E-state index >= 15 is 0 Å². The molecule has 10 heavy (non-hydrogen) atoms. The van der Waals surface area contributed by atoms with Crippen molar-refractivity contribution in [1.82, 2.24) is 0 Å². The van der Waals surface area contributed by atoms with Crippen molar-refractivity contribution in [3.05, 3.63) is 0 Å². The number of nitrogens with two attached hydrogens (primary N) is 1. The SMILES string of the molecule is N[C@@H]1[C@@H](O)[C@H](O)O[C@@H]1CO. The highest BCUT2D eigenvalue weighted by Gasteiger charge is 2.39. The summed E-state index contributed by atoms with van der Waals surface area (Å²) in [4.78, 5) is 0. The Kier molecular flexibility index (Phi) is 2.22. The molecule has 5 N–H and O–H groups in total. The number of hydrogen-bond donors (Lipinski definition) is 4. The Morgan fingerprint density at radius 2 is 2.00 bits per heavy atom. The zero-order chi connectivity index (χ0) is 7.72. The summed E-state index contributed by atoms with van der Waals surface area (Å²) < 4.78 is 4.67. The van der Waals surface area contributed by atoms with Gasteiger partial charge in [0.15, 0.2) is 6.29 Å². The van der Waals surface area contributed by atoms with Crippen LogP contribution in [0.4, 0.5) is 0 Å². The van der Waals surface area contributed by atoms with Gasteiger partial charge in [-0.2, -0.15) is 0 Å². The normalized spacial score (nSPS) is 48.0. The zero-order valence-corrected chi connectivity index (χ0v) is 5.34. The minimum absolute atomic E-state index is 0.282. The lowest BCUT2D eigenvalue weighted by Gasteiger charge is -2.10. The first kappa shape index (κ1) is 7.90. The largest absolute Gasteiger partial charge is 0.394 e. The average Bonchev–Trinajstić information content (AvgIpc) is 2.17. The molecule has 1 aliphatic rings. The van der Waals surface area contributed by atoms with Crippen LogP contribution in [0.25, 0.3) is 0 Å². The second-order valence-corrected chi connectivity index (χ2v) is 2.32. The van der Waals surface area contributed by atoms with Crippen LogP contribution in [-0.4, -0.2) is 46.5 Å². The van der Waals surface area contributed by atoms with Gasteiger partial charge in [-0.3, -0.25) is 0 Å². The second kappa shape index (κ2) is 2.81. The van der Waals surface area contributed by atoms with E-state index in [0.29, 0.717) is 0 Å². The van der Waals surface area contributed by atoms with Crippen molar-refractivity contribution < 1.29 is 20.1 Å². The summed E-state index contributed by atoms with van der Waals surface area (Å²) in [6, 6.07) is -0.694. The van der Waals surface area contributed by atoms with Gasteiger partial charge in [-0.05, 0) is 0 Å². The second-order valence-electron chi connectivity index (χ2n) is 2.32. The first-order chi connectivity index (χ1) is 4.66. The molecule has 1 saturated heterocycles. The maximum absolute atomic E-state index is 8.96. The lowest BCUT2D eigenvalue weighted by Crippen LogP contribution is -2.41. The fourth-order valence-electron chi connectivity index (χ4n) is 0.925. The molecule has 60 valence electrons. The van der Waals surface area contributed by atoms with Crippen LogP contribution >= 0.6 is 0 Å². The molecule has 0 saturated carbocycles. The van der Waals surface area contributed by atoms with Crippen molar-refractivity contribution in [2.45, 2.75) is 24.5 Å². The first-order valence-corrected chi connectivity index (χ1v) is 3.05. The maximum atomic E-state index is 8.96. The summed E-state index contributed by atoms with van der Waals surface area (Å²) in [6.07, 6.45) is -2.99. The van der Waals surface area contributed by atoms with Crippen molar-refractivity contribution in [3.63, 3.8) is 0 Å². The molecule has 0 spiro atoms. The molecule has 0 aromatic rings. The Labute approximate surface area is 58.0 Å². The summed E-state index contributed by atoms with van der Waals surface area (Å²) in [5.74, 6) is 0. The van der Waals surface area contributed by atoms with E-state index in [1.807, 2.05) is 0 Å². The monoisotopic (exact) mass is 149 g/mol. The number of aliphatic hydroxyl groups is 3. The number of hydrogen-bond acceptors (Lipinski definition) is 5. The quantitative estimate of drug-likeness (QED) is 0.327. The molecular weight excluding hydrogens is 138 g/mol. The van der Waals surface area contributed by atoms with E-state index in [0.717, 1.165) is 0 Å². The summed E-state index contributed by atoms with van der Waals surface area (Å²) in [6.45, 7) is -0.282. The van der Waals surface area contributed by atoms with Gasteiger partial charge in [0.2, 0.25) is 0 Å². The minimum Gasteiger partial charge on any atom is -0.394 e. The van der Waals surface area contributed by atoms with Crippen molar-refractivity contribution in [2.75, 3.05) is 6.61 Å². The smallest absolute Gasteiger partial charge is 0.182 e. The average molecular weight is 149 g/mol. The van der Waals surface area contributed by atoms with Crippen molar-refractivity contribution in [2.24, 2.45) is 5.73 Å². The highest BCUT2D eigenvalue weighted by atomic mass is 16.6. The Hall–Kier alpha value is -0.200. The Balaban J connectivity index is 2.53. The molecule has 4 atom stereocenters. The Bertz CT molecular complexity index is 120. The number of aliphatic hydroxyl groups excluding tert-OH is 3. The standard InChI is InChI=1S/C5H11NO4/c6-3-2(1-7)10-5(9)4(3)8/h2-5,7-9H,1,6H2/t2-,3+,4-,5-/m1/s1. The maximum Gasteiger partial charge on any atom is 0.182 e. The van der Waals surface area contributed by atoms with Crippen LogP contribution in [0.15, 0.2) is 0 Å². The van der Waals surface area contributed by atoms with Crippen LogP contribution in [-0.2, 0) is 4.74 Å². The van der Waals surface area contributed by atoms with Crippen LogP contribution in [0.3, 0.4) is 0 Å². The molecule has 0 unspecified atom stereocenters.